The van der Waals surface area contributed by atoms with E-state index in [1.807, 2.05) is 0 Å². The lowest BCUT2D eigenvalue weighted by molar-refractivity contribution is 0.259. The van der Waals surface area contributed by atoms with Gasteiger partial charge in [-0.25, -0.2) is 0 Å². The molecule has 3 rings (SSSR count). The van der Waals surface area contributed by atoms with Gasteiger partial charge in [0.15, 0.2) is 0 Å². The van der Waals surface area contributed by atoms with Crippen molar-refractivity contribution in [2.75, 3.05) is 27.3 Å². The molecule has 1 aromatic heterocycles. The zero-order valence-corrected chi connectivity index (χ0v) is 12.1. The summed E-state index contributed by atoms with van der Waals surface area (Å²) in [5.41, 5.74) is 7.04. The molecule has 0 atom stereocenters. The average Bonchev–Trinajstić information content (AvgIpc) is 3.05. The minimum atomic E-state index is 0.721. The van der Waals surface area contributed by atoms with Crippen LogP contribution in [0.4, 0.5) is 0 Å². The van der Waals surface area contributed by atoms with Gasteiger partial charge in [-0.2, -0.15) is 5.01 Å². The van der Waals surface area contributed by atoms with Gasteiger partial charge in [0.1, 0.15) is 6.67 Å². The maximum Gasteiger partial charge on any atom is 0.110 e. The number of aliphatic imine (C=N–C) groups is 1. The summed E-state index contributed by atoms with van der Waals surface area (Å²) in [5, 5.41) is 3.43. The van der Waals surface area contributed by atoms with Gasteiger partial charge in [0.05, 0.1) is 6.34 Å². The summed E-state index contributed by atoms with van der Waals surface area (Å²) in [7, 11) is 4.22. The number of fused-ring (bicyclic) bond motifs is 1. The van der Waals surface area contributed by atoms with E-state index in [4.69, 9.17) is 0 Å². The smallest absolute Gasteiger partial charge is 0.110 e. The number of aromatic nitrogens is 1. The first kappa shape index (κ1) is 13.1. The van der Waals surface area contributed by atoms with Crippen LogP contribution < -0.4 is 5.43 Å². The van der Waals surface area contributed by atoms with Crippen molar-refractivity contribution in [3.05, 3.63) is 35.5 Å². The molecule has 106 valence electrons. The van der Waals surface area contributed by atoms with Crippen molar-refractivity contribution in [1.29, 1.82) is 0 Å². The molecule has 1 aliphatic heterocycles. The molecule has 2 N–H and O–H groups in total. The minimum Gasteiger partial charge on any atom is -0.361 e. The lowest BCUT2D eigenvalue weighted by Crippen LogP contribution is -2.30. The zero-order valence-electron chi connectivity index (χ0n) is 12.1. The largest absolute Gasteiger partial charge is 0.361 e. The molecule has 5 nitrogen and oxygen atoms in total. The van der Waals surface area contributed by atoms with Gasteiger partial charge in [0.25, 0.3) is 0 Å². The fourth-order valence-electron chi connectivity index (χ4n) is 2.49. The SMILES string of the molecule is CN(C)CCc1c[nH]c2ccc(CN3CN=CN3)cc12. The second-order valence-corrected chi connectivity index (χ2v) is 5.53. The number of likely N-dealkylation sites (N-methyl/N-ethyl adjacent to an activating group) is 1. The summed E-state index contributed by atoms with van der Waals surface area (Å²) < 4.78 is 0. The number of nitrogens with one attached hydrogen (secondary N) is 2. The molecule has 0 fully saturated rings. The van der Waals surface area contributed by atoms with E-state index < -0.39 is 0 Å². The van der Waals surface area contributed by atoms with Crippen LogP contribution >= 0.6 is 0 Å². The van der Waals surface area contributed by atoms with Crippen LogP contribution in [0, 0.1) is 0 Å². The fourth-order valence-corrected chi connectivity index (χ4v) is 2.49. The third-order valence-electron chi connectivity index (χ3n) is 3.62. The summed E-state index contributed by atoms with van der Waals surface area (Å²) in [6.07, 6.45) is 4.95. The van der Waals surface area contributed by atoms with Crippen molar-refractivity contribution in [1.82, 2.24) is 20.3 Å². The van der Waals surface area contributed by atoms with Crippen molar-refractivity contribution in [3.8, 4) is 0 Å². The second kappa shape index (κ2) is 5.64. The van der Waals surface area contributed by atoms with Gasteiger partial charge in [0.2, 0.25) is 0 Å². The molecule has 2 aromatic rings. The van der Waals surface area contributed by atoms with Gasteiger partial charge in [-0.15, -0.1) is 0 Å². The van der Waals surface area contributed by atoms with Crippen molar-refractivity contribution < 1.29 is 0 Å². The molecule has 20 heavy (non-hydrogen) atoms. The highest BCUT2D eigenvalue weighted by molar-refractivity contribution is 5.83. The van der Waals surface area contributed by atoms with Crippen molar-refractivity contribution in [2.45, 2.75) is 13.0 Å². The third kappa shape index (κ3) is 2.84. The molecule has 0 spiro atoms. The number of aromatic amines is 1. The number of benzene rings is 1. The van der Waals surface area contributed by atoms with Crippen LogP contribution in [0.25, 0.3) is 10.9 Å². The molecule has 0 bridgehead atoms. The van der Waals surface area contributed by atoms with Crippen molar-refractivity contribution in [2.24, 2.45) is 4.99 Å². The Kier molecular flexibility index (Phi) is 3.71. The number of hydrogen-bond acceptors (Lipinski definition) is 4. The quantitative estimate of drug-likeness (QED) is 0.868. The molecule has 0 amide bonds. The normalized spacial score (nSPS) is 15.3. The van der Waals surface area contributed by atoms with Gasteiger partial charge >= 0.3 is 0 Å². The molecular weight excluding hydrogens is 250 g/mol. The van der Waals surface area contributed by atoms with E-state index in [1.54, 1.807) is 6.34 Å². The van der Waals surface area contributed by atoms with E-state index in [0.29, 0.717) is 0 Å². The van der Waals surface area contributed by atoms with Crippen molar-refractivity contribution >= 4 is 17.2 Å². The Bertz CT molecular complexity index is 606. The van der Waals surface area contributed by atoms with Crippen LogP contribution in [-0.2, 0) is 13.0 Å². The zero-order chi connectivity index (χ0) is 13.9. The second-order valence-electron chi connectivity index (χ2n) is 5.53. The van der Waals surface area contributed by atoms with Crippen LogP contribution in [0.5, 0.6) is 0 Å². The standard InChI is InChI=1S/C15H21N5/c1-19(2)6-5-13-8-17-15-4-3-12(7-14(13)15)9-20-11-16-10-18-20/h3-4,7-8,10,17H,5-6,9,11H2,1-2H3,(H,16,18). The van der Waals surface area contributed by atoms with Crippen LogP contribution in [-0.4, -0.2) is 48.5 Å². The highest BCUT2D eigenvalue weighted by Crippen LogP contribution is 2.21. The molecule has 0 aliphatic carbocycles. The number of H-pyrrole nitrogens is 1. The number of hydrogen-bond donors (Lipinski definition) is 2. The van der Waals surface area contributed by atoms with Gasteiger partial charge in [-0.3, -0.25) is 4.99 Å². The number of rotatable bonds is 5. The molecule has 0 saturated carbocycles. The molecule has 0 unspecified atom stereocenters. The molecule has 0 radical (unpaired) electrons. The lowest BCUT2D eigenvalue weighted by atomic mass is 10.1. The molecule has 2 heterocycles. The fraction of sp³-hybridized carbons (Fsp3) is 0.400. The van der Waals surface area contributed by atoms with E-state index in [-0.39, 0.29) is 0 Å². The van der Waals surface area contributed by atoms with Crippen molar-refractivity contribution in [3.63, 3.8) is 0 Å². The molecule has 0 saturated heterocycles. The van der Waals surface area contributed by atoms with Gasteiger partial charge in [-0.05, 0) is 43.8 Å². The van der Waals surface area contributed by atoms with Gasteiger partial charge < -0.3 is 15.3 Å². The van der Waals surface area contributed by atoms with Crippen LogP contribution in [0.15, 0.2) is 29.4 Å². The van der Waals surface area contributed by atoms with Crippen LogP contribution in [0.2, 0.25) is 0 Å². The Morgan fingerprint density at radius 3 is 3.00 bits per heavy atom. The maximum absolute atomic E-state index is 4.16. The van der Waals surface area contributed by atoms with E-state index in [0.717, 1.165) is 26.2 Å². The lowest BCUT2D eigenvalue weighted by Gasteiger charge is -2.14. The molecular formula is C15H21N5. The third-order valence-corrected chi connectivity index (χ3v) is 3.62. The molecule has 1 aliphatic rings. The Morgan fingerprint density at radius 2 is 2.25 bits per heavy atom. The maximum atomic E-state index is 4.16. The minimum absolute atomic E-state index is 0.721. The topological polar surface area (TPSA) is 46.7 Å². The Balaban J connectivity index is 1.79. The van der Waals surface area contributed by atoms with E-state index in [2.05, 4.69) is 63.8 Å². The number of nitrogens with zero attached hydrogens (tertiary/aromatic N) is 3. The summed E-state index contributed by atoms with van der Waals surface area (Å²) >= 11 is 0. The highest BCUT2D eigenvalue weighted by atomic mass is 15.6. The van der Waals surface area contributed by atoms with E-state index in [9.17, 15) is 0 Å². The predicted molar refractivity (Wildman–Crippen MR) is 82.6 cm³/mol. The van der Waals surface area contributed by atoms with Crippen LogP contribution in [0.3, 0.4) is 0 Å². The van der Waals surface area contributed by atoms with E-state index in [1.165, 1.54) is 22.0 Å². The first-order valence-corrected chi connectivity index (χ1v) is 6.95. The van der Waals surface area contributed by atoms with Gasteiger partial charge in [-0.1, -0.05) is 6.07 Å². The summed E-state index contributed by atoms with van der Waals surface area (Å²) in [6, 6.07) is 6.63. The summed E-state index contributed by atoms with van der Waals surface area (Å²) in [5.74, 6) is 0. The van der Waals surface area contributed by atoms with Crippen LogP contribution in [0.1, 0.15) is 11.1 Å². The first-order chi connectivity index (χ1) is 9.72. The Hall–Kier alpha value is -1.85. The Labute approximate surface area is 119 Å². The Morgan fingerprint density at radius 1 is 1.35 bits per heavy atom. The first-order valence-electron chi connectivity index (χ1n) is 6.95. The average molecular weight is 271 g/mol. The summed E-state index contributed by atoms with van der Waals surface area (Å²) in [6.45, 7) is 2.66. The highest BCUT2D eigenvalue weighted by Gasteiger charge is 2.09. The molecule has 5 heteroatoms. The van der Waals surface area contributed by atoms with E-state index >= 15 is 0 Å². The monoisotopic (exact) mass is 271 g/mol. The molecule has 1 aromatic carbocycles. The predicted octanol–water partition coefficient (Wildman–Crippen LogP) is 1.58. The summed E-state index contributed by atoms with van der Waals surface area (Å²) in [4.78, 5) is 9.73. The number of hydrazine groups is 1. The van der Waals surface area contributed by atoms with Gasteiger partial charge in [0, 0.05) is 30.2 Å².